The first-order chi connectivity index (χ1) is 9.16. The molecule has 0 saturated carbocycles. The molecular formula is C16H15FO2. The van der Waals surface area contributed by atoms with Crippen molar-refractivity contribution in [2.75, 3.05) is 6.61 Å². The van der Waals surface area contributed by atoms with Crippen molar-refractivity contribution in [2.24, 2.45) is 0 Å². The maximum atomic E-state index is 12.7. The lowest BCUT2D eigenvalue weighted by molar-refractivity contribution is 0.0521. The molecule has 0 saturated heterocycles. The summed E-state index contributed by atoms with van der Waals surface area (Å²) in [5, 5.41) is 0. The van der Waals surface area contributed by atoms with Gasteiger partial charge in [-0.15, -0.1) is 0 Å². The SMILES string of the molecule is CC(OCC(=O)c1ccc(F)cc1)c1ccccc1. The Morgan fingerprint density at radius 3 is 2.37 bits per heavy atom. The number of hydrogen-bond donors (Lipinski definition) is 0. The van der Waals surface area contributed by atoms with Crippen molar-refractivity contribution in [3.05, 3.63) is 71.5 Å². The molecule has 0 aliphatic carbocycles. The molecular weight excluding hydrogens is 243 g/mol. The summed E-state index contributed by atoms with van der Waals surface area (Å²) in [4.78, 5) is 11.8. The summed E-state index contributed by atoms with van der Waals surface area (Å²) in [5.74, 6) is -0.502. The number of Topliss-reactive ketones (excluding diaryl/α,β-unsaturated/α-hetero) is 1. The summed E-state index contributed by atoms with van der Waals surface area (Å²) in [6.07, 6.45) is -0.148. The summed E-state index contributed by atoms with van der Waals surface area (Å²) in [5.41, 5.74) is 1.48. The van der Waals surface area contributed by atoms with E-state index in [2.05, 4.69) is 0 Å². The minimum atomic E-state index is -0.352. The number of rotatable bonds is 5. The van der Waals surface area contributed by atoms with E-state index in [0.29, 0.717) is 5.56 Å². The fourth-order valence-corrected chi connectivity index (χ4v) is 1.74. The molecule has 0 radical (unpaired) electrons. The fraction of sp³-hybridized carbons (Fsp3) is 0.188. The molecule has 3 heteroatoms. The van der Waals surface area contributed by atoms with E-state index in [1.54, 1.807) is 0 Å². The first kappa shape index (κ1) is 13.4. The molecule has 0 aliphatic rings. The van der Waals surface area contributed by atoms with Gasteiger partial charge in [-0.3, -0.25) is 4.79 Å². The summed E-state index contributed by atoms with van der Waals surface area (Å²) >= 11 is 0. The topological polar surface area (TPSA) is 26.3 Å². The van der Waals surface area contributed by atoms with Gasteiger partial charge in [0.1, 0.15) is 12.4 Å². The van der Waals surface area contributed by atoms with Crippen LogP contribution in [0.1, 0.15) is 28.9 Å². The molecule has 1 atom stereocenters. The zero-order valence-corrected chi connectivity index (χ0v) is 10.7. The number of benzene rings is 2. The Morgan fingerprint density at radius 1 is 1.11 bits per heavy atom. The maximum absolute atomic E-state index is 12.7. The van der Waals surface area contributed by atoms with Crippen LogP contribution < -0.4 is 0 Å². The lowest BCUT2D eigenvalue weighted by Gasteiger charge is -2.12. The van der Waals surface area contributed by atoms with E-state index in [0.717, 1.165) is 5.56 Å². The second-order valence-corrected chi connectivity index (χ2v) is 4.29. The van der Waals surface area contributed by atoms with Gasteiger partial charge in [0, 0.05) is 5.56 Å². The smallest absolute Gasteiger partial charge is 0.188 e. The third kappa shape index (κ3) is 3.73. The second-order valence-electron chi connectivity index (χ2n) is 4.29. The standard InChI is InChI=1S/C16H15FO2/c1-12(13-5-3-2-4-6-13)19-11-16(18)14-7-9-15(17)10-8-14/h2-10,12H,11H2,1H3. The molecule has 19 heavy (non-hydrogen) atoms. The zero-order valence-electron chi connectivity index (χ0n) is 10.7. The highest BCUT2D eigenvalue weighted by Gasteiger charge is 2.10. The number of hydrogen-bond acceptors (Lipinski definition) is 2. The first-order valence-corrected chi connectivity index (χ1v) is 6.12. The fourth-order valence-electron chi connectivity index (χ4n) is 1.74. The Labute approximate surface area is 111 Å². The molecule has 2 aromatic carbocycles. The first-order valence-electron chi connectivity index (χ1n) is 6.12. The monoisotopic (exact) mass is 258 g/mol. The van der Waals surface area contributed by atoms with Crippen molar-refractivity contribution in [3.8, 4) is 0 Å². The van der Waals surface area contributed by atoms with Gasteiger partial charge >= 0.3 is 0 Å². The molecule has 0 heterocycles. The minimum Gasteiger partial charge on any atom is -0.366 e. The highest BCUT2D eigenvalue weighted by atomic mass is 19.1. The molecule has 0 spiro atoms. The minimum absolute atomic E-state index is 0.0122. The van der Waals surface area contributed by atoms with Crippen LogP contribution in [0.4, 0.5) is 4.39 Å². The van der Waals surface area contributed by atoms with Crippen LogP contribution >= 0.6 is 0 Å². The molecule has 0 bridgehead atoms. The molecule has 0 aromatic heterocycles. The molecule has 1 unspecified atom stereocenters. The van der Waals surface area contributed by atoms with E-state index < -0.39 is 0 Å². The van der Waals surface area contributed by atoms with Crippen LogP contribution in [0.3, 0.4) is 0 Å². The van der Waals surface area contributed by atoms with Crippen molar-refractivity contribution in [2.45, 2.75) is 13.0 Å². The van der Waals surface area contributed by atoms with Crippen LogP contribution in [-0.2, 0) is 4.74 Å². The number of carbonyl (C=O) groups is 1. The summed E-state index contributed by atoms with van der Waals surface area (Å²) in [6.45, 7) is 1.88. The van der Waals surface area contributed by atoms with Gasteiger partial charge in [0.05, 0.1) is 6.10 Å². The van der Waals surface area contributed by atoms with Gasteiger partial charge in [0.25, 0.3) is 0 Å². The molecule has 2 aromatic rings. The van der Waals surface area contributed by atoms with Crippen LogP contribution in [0.2, 0.25) is 0 Å². The van der Waals surface area contributed by atoms with E-state index >= 15 is 0 Å². The lowest BCUT2D eigenvalue weighted by atomic mass is 10.1. The maximum Gasteiger partial charge on any atom is 0.188 e. The predicted octanol–water partition coefficient (Wildman–Crippen LogP) is 3.79. The quantitative estimate of drug-likeness (QED) is 0.763. The van der Waals surface area contributed by atoms with Crippen LogP contribution in [-0.4, -0.2) is 12.4 Å². The van der Waals surface area contributed by atoms with Gasteiger partial charge in [-0.1, -0.05) is 30.3 Å². The van der Waals surface area contributed by atoms with Crippen LogP contribution in [0.5, 0.6) is 0 Å². The normalized spacial score (nSPS) is 12.1. The molecule has 2 rings (SSSR count). The van der Waals surface area contributed by atoms with Crippen LogP contribution in [0.15, 0.2) is 54.6 Å². The second kappa shape index (κ2) is 6.25. The average molecular weight is 258 g/mol. The van der Waals surface area contributed by atoms with Crippen molar-refractivity contribution in [1.29, 1.82) is 0 Å². The Hall–Kier alpha value is -2.00. The summed E-state index contributed by atoms with van der Waals surface area (Å²) in [6, 6.07) is 15.2. The van der Waals surface area contributed by atoms with Crippen molar-refractivity contribution in [3.63, 3.8) is 0 Å². The molecule has 0 aliphatic heterocycles. The molecule has 0 amide bonds. The number of ether oxygens (including phenoxy) is 1. The van der Waals surface area contributed by atoms with E-state index in [1.165, 1.54) is 24.3 Å². The lowest BCUT2D eigenvalue weighted by Crippen LogP contribution is -2.11. The highest BCUT2D eigenvalue weighted by Crippen LogP contribution is 2.16. The Kier molecular flexibility index (Phi) is 4.42. The Morgan fingerprint density at radius 2 is 1.74 bits per heavy atom. The van der Waals surface area contributed by atoms with Crippen LogP contribution in [0.25, 0.3) is 0 Å². The van der Waals surface area contributed by atoms with Crippen molar-refractivity contribution in [1.82, 2.24) is 0 Å². The van der Waals surface area contributed by atoms with Crippen molar-refractivity contribution < 1.29 is 13.9 Å². The average Bonchev–Trinajstić information content (AvgIpc) is 2.46. The molecule has 98 valence electrons. The molecule has 0 fully saturated rings. The van der Waals surface area contributed by atoms with E-state index in [9.17, 15) is 9.18 Å². The predicted molar refractivity (Wildman–Crippen MR) is 71.5 cm³/mol. The van der Waals surface area contributed by atoms with E-state index in [1.807, 2.05) is 37.3 Å². The zero-order chi connectivity index (χ0) is 13.7. The third-order valence-corrected chi connectivity index (χ3v) is 2.90. The van der Waals surface area contributed by atoms with Crippen molar-refractivity contribution >= 4 is 5.78 Å². The van der Waals surface area contributed by atoms with E-state index in [4.69, 9.17) is 4.74 Å². The van der Waals surface area contributed by atoms with Gasteiger partial charge in [-0.05, 0) is 36.8 Å². The van der Waals surface area contributed by atoms with E-state index in [-0.39, 0.29) is 24.3 Å². The molecule has 0 N–H and O–H groups in total. The summed E-state index contributed by atoms with van der Waals surface area (Å²) < 4.78 is 18.3. The largest absolute Gasteiger partial charge is 0.366 e. The highest BCUT2D eigenvalue weighted by molar-refractivity contribution is 5.97. The van der Waals surface area contributed by atoms with Gasteiger partial charge in [-0.25, -0.2) is 4.39 Å². The Bertz CT molecular complexity index is 534. The number of ketones is 1. The van der Waals surface area contributed by atoms with Crippen LogP contribution in [0, 0.1) is 5.82 Å². The van der Waals surface area contributed by atoms with Gasteiger partial charge < -0.3 is 4.74 Å². The molecule has 2 nitrogen and oxygen atoms in total. The summed E-state index contributed by atoms with van der Waals surface area (Å²) in [7, 11) is 0. The van der Waals surface area contributed by atoms with Gasteiger partial charge in [0.2, 0.25) is 0 Å². The number of halogens is 1. The number of carbonyl (C=O) groups excluding carboxylic acids is 1. The Balaban J connectivity index is 1.92. The third-order valence-electron chi connectivity index (χ3n) is 2.90. The van der Waals surface area contributed by atoms with Gasteiger partial charge in [-0.2, -0.15) is 0 Å². The van der Waals surface area contributed by atoms with Gasteiger partial charge in [0.15, 0.2) is 5.78 Å².